The van der Waals surface area contributed by atoms with Gasteiger partial charge in [0.25, 0.3) is 6.01 Å². The van der Waals surface area contributed by atoms with Gasteiger partial charge in [-0.3, -0.25) is 4.90 Å². The number of ether oxygens (including phenoxy) is 2. The molecule has 0 unspecified atom stereocenters. The number of amides is 1. The van der Waals surface area contributed by atoms with Crippen LogP contribution in [0.5, 0.6) is 0 Å². The molecule has 0 radical (unpaired) electrons. The van der Waals surface area contributed by atoms with Crippen LogP contribution in [-0.2, 0) is 9.47 Å². The van der Waals surface area contributed by atoms with Crippen LogP contribution in [0.1, 0.15) is 47.5 Å². The Morgan fingerprint density at radius 3 is 2.65 bits per heavy atom. The third-order valence-corrected chi connectivity index (χ3v) is 2.98. The van der Waals surface area contributed by atoms with Gasteiger partial charge in [0, 0.05) is 0 Å². The molecule has 1 heterocycles. The van der Waals surface area contributed by atoms with Gasteiger partial charge in [-0.1, -0.05) is 0 Å². The van der Waals surface area contributed by atoms with E-state index in [0.717, 1.165) is 6.08 Å². The van der Waals surface area contributed by atoms with E-state index in [4.69, 9.17) is 14.6 Å². The highest BCUT2D eigenvalue weighted by Crippen LogP contribution is 2.31. The summed E-state index contributed by atoms with van der Waals surface area (Å²) in [7, 11) is 0. The number of hydrogen-bond acceptors (Lipinski definition) is 4. The molecule has 1 rings (SSSR count). The molecule has 1 fully saturated rings. The van der Waals surface area contributed by atoms with Gasteiger partial charge in [0.15, 0.2) is 0 Å². The summed E-state index contributed by atoms with van der Waals surface area (Å²) in [6.07, 6.45) is 1.46. The molecule has 0 aromatic heterocycles. The lowest BCUT2D eigenvalue weighted by Gasteiger charge is -2.35. The van der Waals surface area contributed by atoms with E-state index in [9.17, 15) is 9.18 Å². The summed E-state index contributed by atoms with van der Waals surface area (Å²) < 4.78 is 23.3. The van der Waals surface area contributed by atoms with Crippen molar-refractivity contribution in [2.24, 2.45) is 0 Å². The van der Waals surface area contributed by atoms with E-state index < -0.39 is 23.4 Å². The SMILES string of the molecule is CC(C)(C)OC(=O)N1[C@@H](CC/C=C(/O)F)COC1(C)C. The minimum absolute atomic E-state index is 0.199. The summed E-state index contributed by atoms with van der Waals surface area (Å²) in [6.45, 7) is 9.35. The molecule has 0 saturated carbocycles. The second-order valence-corrected chi connectivity index (χ2v) is 6.37. The number of aliphatic hydroxyl groups excluding tert-OH is 1. The quantitative estimate of drug-likeness (QED) is 0.808. The van der Waals surface area contributed by atoms with Crippen LogP contribution in [0.25, 0.3) is 0 Å². The van der Waals surface area contributed by atoms with E-state index in [1.165, 1.54) is 0 Å². The molecule has 1 atom stereocenters. The Kier molecular flexibility index (Phi) is 5.02. The minimum atomic E-state index is -1.20. The van der Waals surface area contributed by atoms with E-state index in [0.29, 0.717) is 19.4 Å². The number of carbonyl (C=O) groups excluding carboxylic acids is 1. The Labute approximate surface area is 119 Å². The van der Waals surface area contributed by atoms with Crippen molar-refractivity contribution >= 4 is 6.09 Å². The summed E-state index contributed by atoms with van der Waals surface area (Å²) in [6, 6.07) is -1.40. The van der Waals surface area contributed by atoms with E-state index in [2.05, 4.69) is 0 Å². The van der Waals surface area contributed by atoms with Gasteiger partial charge in [0.2, 0.25) is 0 Å². The average Bonchev–Trinajstić information content (AvgIpc) is 2.50. The lowest BCUT2D eigenvalue weighted by atomic mass is 10.1. The maximum absolute atomic E-state index is 12.3. The largest absolute Gasteiger partial charge is 0.487 e. The predicted octanol–water partition coefficient (Wildman–Crippen LogP) is 3.51. The van der Waals surface area contributed by atoms with Crippen molar-refractivity contribution in [3.8, 4) is 0 Å². The molecule has 0 aliphatic carbocycles. The molecule has 0 bridgehead atoms. The van der Waals surface area contributed by atoms with Crippen molar-refractivity contribution in [1.29, 1.82) is 0 Å². The predicted molar refractivity (Wildman–Crippen MR) is 72.9 cm³/mol. The summed E-state index contributed by atoms with van der Waals surface area (Å²) in [5.41, 5.74) is -1.34. The molecular weight excluding hydrogens is 265 g/mol. The highest BCUT2D eigenvalue weighted by atomic mass is 19.1. The van der Waals surface area contributed by atoms with E-state index in [1.54, 1.807) is 39.5 Å². The topological polar surface area (TPSA) is 59.0 Å². The number of hydrogen-bond donors (Lipinski definition) is 1. The first-order valence-corrected chi connectivity index (χ1v) is 6.74. The zero-order valence-corrected chi connectivity index (χ0v) is 12.8. The second-order valence-electron chi connectivity index (χ2n) is 6.37. The van der Waals surface area contributed by atoms with Gasteiger partial charge in [-0.2, -0.15) is 4.39 Å². The van der Waals surface area contributed by atoms with E-state index >= 15 is 0 Å². The Bertz CT molecular complexity index is 383. The van der Waals surface area contributed by atoms with Crippen molar-refractivity contribution in [3.05, 3.63) is 12.1 Å². The van der Waals surface area contributed by atoms with Crippen molar-refractivity contribution in [2.75, 3.05) is 6.61 Å². The first kappa shape index (κ1) is 16.8. The van der Waals surface area contributed by atoms with Crippen molar-refractivity contribution in [2.45, 2.75) is 64.8 Å². The molecule has 5 nitrogen and oxygen atoms in total. The van der Waals surface area contributed by atoms with Crippen molar-refractivity contribution in [1.82, 2.24) is 4.90 Å². The van der Waals surface area contributed by atoms with Crippen LogP contribution in [-0.4, -0.2) is 40.1 Å². The molecular formula is C14H24FNO4. The van der Waals surface area contributed by atoms with Crippen LogP contribution in [0.4, 0.5) is 9.18 Å². The van der Waals surface area contributed by atoms with Crippen molar-refractivity contribution in [3.63, 3.8) is 0 Å². The standard InChI is InChI=1S/C14H24FNO4/c1-13(2,3)20-12(18)16-10(7-6-8-11(15)17)9-19-14(16,4)5/h8,10,17H,6-7,9H2,1-5H3/b11-8+/t10-/m0/s1. The van der Waals surface area contributed by atoms with Crippen molar-refractivity contribution < 1.29 is 23.8 Å². The van der Waals surface area contributed by atoms with Crippen LogP contribution in [0.15, 0.2) is 12.1 Å². The van der Waals surface area contributed by atoms with Crippen LogP contribution < -0.4 is 0 Å². The molecule has 1 saturated heterocycles. The molecule has 1 aliphatic rings. The maximum atomic E-state index is 12.3. The smallest absolute Gasteiger partial charge is 0.412 e. The molecule has 1 N–H and O–H groups in total. The number of allylic oxidation sites excluding steroid dienone is 1. The number of halogens is 1. The molecule has 1 aliphatic heterocycles. The van der Waals surface area contributed by atoms with Crippen LogP contribution in [0.3, 0.4) is 0 Å². The molecule has 6 heteroatoms. The first-order chi connectivity index (χ1) is 9.03. The zero-order chi connectivity index (χ0) is 15.6. The first-order valence-electron chi connectivity index (χ1n) is 6.74. The Morgan fingerprint density at radius 2 is 2.15 bits per heavy atom. The molecule has 116 valence electrons. The molecule has 0 spiro atoms. The number of aliphatic hydroxyl groups is 1. The zero-order valence-electron chi connectivity index (χ0n) is 12.8. The number of rotatable bonds is 3. The Morgan fingerprint density at radius 1 is 1.55 bits per heavy atom. The van der Waals surface area contributed by atoms with Gasteiger partial charge in [-0.15, -0.1) is 0 Å². The van der Waals surface area contributed by atoms with Crippen LogP contribution >= 0.6 is 0 Å². The number of nitrogens with zero attached hydrogens (tertiary/aromatic N) is 1. The lowest BCUT2D eigenvalue weighted by Crippen LogP contribution is -2.49. The van der Waals surface area contributed by atoms with Gasteiger partial charge in [-0.25, -0.2) is 4.79 Å². The molecule has 1 amide bonds. The summed E-state index contributed by atoms with van der Waals surface area (Å²) in [5.74, 6) is 0. The van der Waals surface area contributed by atoms with Crippen LogP contribution in [0, 0.1) is 0 Å². The van der Waals surface area contributed by atoms with Gasteiger partial charge in [0.1, 0.15) is 11.3 Å². The van der Waals surface area contributed by atoms with Gasteiger partial charge >= 0.3 is 6.09 Å². The fraction of sp³-hybridized carbons (Fsp3) is 0.786. The highest BCUT2D eigenvalue weighted by molar-refractivity contribution is 5.69. The summed E-state index contributed by atoms with van der Waals surface area (Å²) in [5, 5.41) is 8.51. The summed E-state index contributed by atoms with van der Waals surface area (Å²) in [4.78, 5) is 13.8. The van der Waals surface area contributed by atoms with Gasteiger partial charge in [0.05, 0.1) is 12.6 Å². The van der Waals surface area contributed by atoms with Crippen LogP contribution in [0.2, 0.25) is 0 Å². The Balaban J connectivity index is 2.75. The molecule has 20 heavy (non-hydrogen) atoms. The average molecular weight is 289 g/mol. The molecule has 0 aromatic carbocycles. The fourth-order valence-electron chi connectivity index (χ4n) is 2.17. The third kappa shape index (κ3) is 4.67. The second kappa shape index (κ2) is 5.99. The normalized spacial score (nSPS) is 23.0. The Hall–Kier alpha value is -1.30. The minimum Gasteiger partial charge on any atom is -0.487 e. The number of carbonyl (C=O) groups is 1. The monoisotopic (exact) mass is 289 g/mol. The van der Waals surface area contributed by atoms with Gasteiger partial charge < -0.3 is 14.6 Å². The van der Waals surface area contributed by atoms with Gasteiger partial charge in [-0.05, 0) is 53.5 Å². The fourth-order valence-corrected chi connectivity index (χ4v) is 2.17. The highest BCUT2D eigenvalue weighted by Gasteiger charge is 2.45. The molecule has 0 aromatic rings. The van der Waals surface area contributed by atoms with E-state index in [-0.39, 0.29) is 6.04 Å². The maximum Gasteiger partial charge on any atom is 0.412 e. The lowest BCUT2D eigenvalue weighted by molar-refractivity contribution is -0.0626. The summed E-state index contributed by atoms with van der Waals surface area (Å²) >= 11 is 0. The van der Waals surface area contributed by atoms with E-state index in [1.807, 2.05) is 0 Å². The third-order valence-electron chi connectivity index (χ3n) is 2.98.